The smallest absolute Gasteiger partial charge is 0.242 e. The van der Waals surface area contributed by atoms with Crippen LogP contribution in [0.3, 0.4) is 0 Å². The third-order valence-electron chi connectivity index (χ3n) is 2.12. The lowest BCUT2D eigenvalue weighted by atomic mass is 10.2. The number of aromatic nitrogens is 1. The van der Waals surface area contributed by atoms with Crippen molar-refractivity contribution < 1.29 is 9.59 Å². The van der Waals surface area contributed by atoms with E-state index < -0.39 is 6.04 Å². The van der Waals surface area contributed by atoms with Crippen molar-refractivity contribution in [1.82, 2.24) is 15.6 Å². The molecule has 17 heavy (non-hydrogen) atoms. The number of hydrogen-bond acceptors (Lipinski definition) is 5. The Hall–Kier alpha value is -1.63. The summed E-state index contributed by atoms with van der Waals surface area (Å²) in [6.07, 6.45) is 0.546. The minimum atomic E-state index is -0.497. The van der Waals surface area contributed by atoms with Crippen LogP contribution in [0.4, 0.5) is 5.13 Å². The Morgan fingerprint density at radius 3 is 2.76 bits per heavy atom. The minimum Gasteiger partial charge on any atom is -0.375 e. The molecule has 94 valence electrons. The van der Waals surface area contributed by atoms with Crippen LogP contribution in [0.2, 0.25) is 0 Å². The Morgan fingerprint density at radius 2 is 2.29 bits per heavy atom. The molecule has 1 rings (SSSR count). The van der Waals surface area contributed by atoms with E-state index in [2.05, 4.69) is 15.6 Å². The summed E-state index contributed by atoms with van der Waals surface area (Å²) in [5.74, 6) is -0.431. The van der Waals surface area contributed by atoms with Gasteiger partial charge in [0.2, 0.25) is 11.8 Å². The predicted octanol–water partition coefficient (Wildman–Crippen LogP) is 0.256. The molecule has 0 bridgehead atoms. The van der Waals surface area contributed by atoms with Crippen LogP contribution >= 0.6 is 11.3 Å². The monoisotopic (exact) mass is 256 g/mol. The number of nitrogens with two attached hydrogens (primary N) is 1. The molecule has 0 aromatic carbocycles. The zero-order chi connectivity index (χ0) is 12.8. The average molecular weight is 256 g/mol. The van der Waals surface area contributed by atoms with Gasteiger partial charge in [-0.25, -0.2) is 4.98 Å². The first-order valence-corrected chi connectivity index (χ1v) is 6.15. The molecule has 1 aromatic heterocycles. The van der Waals surface area contributed by atoms with Gasteiger partial charge in [-0.3, -0.25) is 9.59 Å². The zero-order valence-electron chi connectivity index (χ0n) is 9.82. The molecule has 0 radical (unpaired) electrons. The van der Waals surface area contributed by atoms with Gasteiger partial charge >= 0.3 is 0 Å². The van der Waals surface area contributed by atoms with E-state index in [0.717, 1.165) is 5.69 Å². The maximum absolute atomic E-state index is 11.7. The molecule has 0 spiro atoms. The summed E-state index contributed by atoms with van der Waals surface area (Å²) in [4.78, 5) is 26.6. The number of carbonyl (C=O) groups excluding carboxylic acids is 2. The van der Waals surface area contributed by atoms with Gasteiger partial charge in [0.15, 0.2) is 5.13 Å². The first-order valence-electron chi connectivity index (χ1n) is 5.27. The molecule has 0 saturated carbocycles. The number of hydrogen-bond donors (Lipinski definition) is 3. The summed E-state index contributed by atoms with van der Waals surface area (Å²) in [5.41, 5.74) is 6.20. The van der Waals surface area contributed by atoms with Gasteiger partial charge in [0.25, 0.3) is 0 Å². The van der Waals surface area contributed by atoms with Gasteiger partial charge in [-0.1, -0.05) is 6.92 Å². The Kier molecular flexibility index (Phi) is 4.89. The van der Waals surface area contributed by atoms with Gasteiger partial charge in [0.1, 0.15) is 6.04 Å². The Labute approximate surface area is 104 Å². The standard InChI is InChI=1S/C10H16N4O2S/c1-3-8(13-6(2)15)9(16)12-4-7-5-17-10(11)14-7/h5,8H,3-4H2,1-2H3,(H2,11,14)(H,12,16)(H,13,15)/t8-/m1/s1. The largest absolute Gasteiger partial charge is 0.375 e. The van der Waals surface area contributed by atoms with E-state index in [1.807, 2.05) is 6.92 Å². The second-order valence-electron chi connectivity index (χ2n) is 3.56. The Morgan fingerprint density at radius 1 is 1.59 bits per heavy atom. The fraction of sp³-hybridized carbons (Fsp3) is 0.500. The molecule has 2 amide bonds. The lowest BCUT2D eigenvalue weighted by Gasteiger charge is -2.14. The van der Waals surface area contributed by atoms with Crippen LogP contribution in [0.15, 0.2) is 5.38 Å². The number of thiazole rings is 1. The Bertz CT molecular complexity index is 405. The van der Waals surface area contributed by atoms with Crippen molar-refractivity contribution in [2.24, 2.45) is 0 Å². The first kappa shape index (κ1) is 13.4. The van der Waals surface area contributed by atoms with Gasteiger partial charge in [-0.15, -0.1) is 11.3 Å². The molecule has 4 N–H and O–H groups in total. The van der Waals surface area contributed by atoms with E-state index in [0.29, 0.717) is 18.1 Å². The highest BCUT2D eigenvalue weighted by Crippen LogP contribution is 2.10. The van der Waals surface area contributed by atoms with Crippen LogP contribution in [-0.4, -0.2) is 22.8 Å². The lowest BCUT2D eigenvalue weighted by Crippen LogP contribution is -2.45. The number of amides is 2. The number of nitrogens with one attached hydrogen (secondary N) is 2. The molecule has 1 aromatic rings. The van der Waals surface area contributed by atoms with E-state index in [-0.39, 0.29) is 11.8 Å². The summed E-state index contributed by atoms with van der Waals surface area (Å²) in [6, 6.07) is -0.497. The van der Waals surface area contributed by atoms with E-state index in [1.54, 1.807) is 5.38 Å². The van der Waals surface area contributed by atoms with Crippen molar-refractivity contribution in [3.05, 3.63) is 11.1 Å². The van der Waals surface area contributed by atoms with Crippen LogP contribution in [0.25, 0.3) is 0 Å². The fourth-order valence-corrected chi connectivity index (χ4v) is 1.87. The van der Waals surface area contributed by atoms with Crippen LogP contribution in [-0.2, 0) is 16.1 Å². The highest BCUT2D eigenvalue weighted by atomic mass is 32.1. The van der Waals surface area contributed by atoms with Gasteiger partial charge < -0.3 is 16.4 Å². The van der Waals surface area contributed by atoms with Crippen molar-refractivity contribution >= 4 is 28.3 Å². The molecule has 7 heteroatoms. The van der Waals surface area contributed by atoms with Crippen molar-refractivity contribution in [3.8, 4) is 0 Å². The third kappa shape index (κ3) is 4.39. The van der Waals surface area contributed by atoms with Crippen molar-refractivity contribution in [1.29, 1.82) is 0 Å². The van der Waals surface area contributed by atoms with Crippen LogP contribution in [0, 0.1) is 0 Å². The molecule has 0 aliphatic heterocycles. The molecule has 0 aliphatic rings. The molecule has 6 nitrogen and oxygen atoms in total. The summed E-state index contributed by atoms with van der Waals surface area (Å²) in [6.45, 7) is 3.54. The van der Waals surface area contributed by atoms with E-state index in [4.69, 9.17) is 5.73 Å². The summed E-state index contributed by atoms with van der Waals surface area (Å²) in [5, 5.41) is 7.54. The Balaban J connectivity index is 2.44. The van der Waals surface area contributed by atoms with E-state index >= 15 is 0 Å². The first-order chi connectivity index (χ1) is 8.02. The normalized spacial score (nSPS) is 11.9. The lowest BCUT2D eigenvalue weighted by molar-refractivity contribution is -0.128. The summed E-state index contributed by atoms with van der Waals surface area (Å²) >= 11 is 1.33. The molecule has 0 unspecified atom stereocenters. The molecule has 1 atom stereocenters. The maximum Gasteiger partial charge on any atom is 0.242 e. The number of carbonyl (C=O) groups is 2. The minimum absolute atomic E-state index is 0.214. The maximum atomic E-state index is 11.7. The van der Waals surface area contributed by atoms with E-state index in [1.165, 1.54) is 18.3 Å². The highest BCUT2D eigenvalue weighted by Gasteiger charge is 2.16. The van der Waals surface area contributed by atoms with Gasteiger partial charge in [-0.2, -0.15) is 0 Å². The molecular formula is C10H16N4O2S. The zero-order valence-corrected chi connectivity index (χ0v) is 10.6. The summed E-state index contributed by atoms with van der Waals surface area (Å²) < 4.78 is 0. The topological polar surface area (TPSA) is 97.1 Å². The third-order valence-corrected chi connectivity index (χ3v) is 2.84. The van der Waals surface area contributed by atoms with Crippen LogP contribution < -0.4 is 16.4 Å². The average Bonchev–Trinajstić information content (AvgIpc) is 2.68. The molecule has 0 aliphatic carbocycles. The van der Waals surface area contributed by atoms with Crippen molar-refractivity contribution in [3.63, 3.8) is 0 Å². The second-order valence-corrected chi connectivity index (χ2v) is 4.45. The molecule has 0 fully saturated rings. The predicted molar refractivity (Wildman–Crippen MR) is 66.3 cm³/mol. The highest BCUT2D eigenvalue weighted by molar-refractivity contribution is 7.13. The van der Waals surface area contributed by atoms with Gasteiger partial charge in [0, 0.05) is 12.3 Å². The van der Waals surface area contributed by atoms with Gasteiger partial charge in [0.05, 0.1) is 12.2 Å². The number of anilines is 1. The van der Waals surface area contributed by atoms with E-state index in [9.17, 15) is 9.59 Å². The number of nitrogens with zero attached hydrogens (tertiary/aromatic N) is 1. The van der Waals surface area contributed by atoms with Crippen molar-refractivity contribution in [2.75, 3.05) is 5.73 Å². The van der Waals surface area contributed by atoms with Crippen molar-refractivity contribution in [2.45, 2.75) is 32.9 Å². The molecule has 1 heterocycles. The summed E-state index contributed by atoms with van der Waals surface area (Å²) in [7, 11) is 0. The van der Waals surface area contributed by atoms with Gasteiger partial charge in [-0.05, 0) is 6.42 Å². The van der Waals surface area contributed by atoms with Crippen LogP contribution in [0.1, 0.15) is 26.0 Å². The van der Waals surface area contributed by atoms with Crippen LogP contribution in [0.5, 0.6) is 0 Å². The SMILES string of the molecule is CC[C@@H](NC(C)=O)C(=O)NCc1csc(N)n1. The quantitative estimate of drug-likeness (QED) is 0.703. The number of rotatable bonds is 5. The number of nitrogen functional groups attached to an aromatic ring is 1. The fourth-order valence-electron chi connectivity index (χ4n) is 1.30. The molecule has 0 saturated heterocycles. The second kappa shape index (κ2) is 6.19. The molecular weight excluding hydrogens is 240 g/mol.